The Morgan fingerprint density at radius 2 is 1.94 bits per heavy atom. The summed E-state index contributed by atoms with van der Waals surface area (Å²) < 4.78 is 25.3. The van der Waals surface area contributed by atoms with Crippen LogP contribution in [0, 0.1) is 23.7 Å². The van der Waals surface area contributed by atoms with Gasteiger partial charge in [-0.15, -0.1) is 6.42 Å². The van der Waals surface area contributed by atoms with Gasteiger partial charge in [-0.25, -0.2) is 8.42 Å². The number of benzene rings is 1. The second kappa shape index (κ2) is 6.20. The van der Waals surface area contributed by atoms with Crippen LogP contribution in [0.25, 0.3) is 0 Å². The minimum atomic E-state index is -3.40. The fourth-order valence-electron chi connectivity index (χ4n) is 1.49. The van der Waals surface area contributed by atoms with Crippen molar-refractivity contribution in [1.82, 2.24) is 4.31 Å². The van der Waals surface area contributed by atoms with Gasteiger partial charge in [-0.1, -0.05) is 25.0 Å². The summed E-state index contributed by atoms with van der Waals surface area (Å²) in [5, 5.41) is 8.66. The van der Waals surface area contributed by atoms with Gasteiger partial charge in [0.1, 0.15) is 0 Å². The molecule has 0 aliphatic rings. The van der Waals surface area contributed by atoms with Gasteiger partial charge in [-0.2, -0.15) is 9.57 Å². The molecule has 5 heteroatoms. The lowest BCUT2D eigenvalue weighted by atomic mass is 10.2. The fraction of sp³-hybridized carbons (Fsp3) is 0.308. The van der Waals surface area contributed by atoms with Crippen molar-refractivity contribution in [3.63, 3.8) is 0 Å². The molecule has 0 bridgehead atoms. The zero-order valence-corrected chi connectivity index (χ0v) is 10.9. The number of nitrogens with zero attached hydrogens (tertiary/aromatic N) is 2. The van der Waals surface area contributed by atoms with Crippen molar-refractivity contribution >= 4 is 10.0 Å². The quantitative estimate of drug-likeness (QED) is 0.752. The molecule has 0 fully saturated rings. The van der Waals surface area contributed by atoms with E-state index < -0.39 is 10.0 Å². The van der Waals surface area contributed by atoms with Gasteiger partial charge in [-0.05, 0) is 17.7 Å². The Kier molecular flexibility index (Phi) is 4.91. The summed E-state index contributed by atoms with van der Waals surface area (Å²) >= 11 is 0. The summed E-state index contributed by atoms with van der Waals surface area (Å²) in [5.41, 5.74) is 1.15. The van der Waals surface area contributed by atoms with Crippen molar-refractivity contribution < 1.29 is 8.42 Å². The summed E-state index contributed by atoms with van der Waals surface area (Å²) in [6.45, 7) is 2.17. The molecule has 0 spiro atoms. The first-order valence-corrected chi connectivity index (χ1v) is 7.04. The predicted octanol–water partition coefficient (Wildman–Crippen LogP) is 1.34. The molecule has 0 N–H and O–H groups in total. The van der Waals surface area contributed by atoms with E-state index in [9.17, 15) is 8.42 Å². The van der Waals surface area contributed by atoms with Crippen molar-refractivity contribution in [2.24, 2.45) is 0 Å². The van der Waals surface area contributed by atoms with Crippen LogP contribution in [0.1, 0.15) is 18.1 Å². The Morgan fingerprint density at radius 1 is 1.33 bits per heavy atom. The molecule has 0 saturated carbocycles. The second-order valence-corrected chi connectivity index (χ2v) is 5.66. The summed E-state index contributed by atoms with van der Waals surface area (Å²) in [5.74, 6) is 2.23. The van der Waals surface area contributed by atoms with Gasteiger partial charge in [0, 0.05) is 6.54 Å². The highest BCUT2D eigenvalue weighted by Gasteiger charge is 2.19. The van der Waals surface area contributed by atoms with Crippen molar-refractivity contribution in [1.29, 1.82) is 5.26 Å². The van der Waals surface area contributed by atoms with E-state index in [4.69, 9.17) is 11.7 Å². The van der Waals surface area contributed by atoms with E-state index in [0.717, 1.165) is 0 Å². The van der Waals surface area contributed by atoms with Gasteiger partial charge in [0.25, 0.3) is 0 Å². The van der Waals surface area contributed by atoms with Crippen LogP contribution in [0.5, 0.6) is 0 Å². The van der Waals surface area contributed by atoms with Crippen molar-refractivity contribution in [2.45, 2.75) is 12.7 Å². The van der Waals surface area contributed by atoms with Gasteiger partial charge in [0.05, 0.1) is 23.9 Å². The molecule has 0 amide bonds. The fourth-order valence-corrected chi connectivity index (χ4v) is 2.95. The van der Waals surface area contributed by atoms with Crippen molar-refractivity contribution in [3.8, 4) is 18.4 Å². The van der Waals surface area contributed by atoms with E-state index in [2.05, 4.69) is 5.92 Å². The maximum Gasteiger partial charge on any atom is 0.219 e. The number of rotatable bonds is 5. The number of hydrogen-bond acceptors (Lipinski definition) is 3. The maximum absolute atomic E-state index is 12.0. The van der Waals surface area contributed by atoms with Crippen LogP contribution in [-0.4, -0.2) is 25.8 Å². The van der Waals surface area contributed by atoms with Crippen molar-refractivity contribution in [3.05, 3.63) is 35.4 Å². The van der Waals surface area contributed by atoms with Crippen LogP contribution in [0.15, 0.2) is 24.3 Å². The molecule has 1 rings (SSSR count). The van der Waals surface area contributed by atoms with Gasteiger partial charge < -0.3 is 0 Å². The van der Waals surface area contributed by atoms with Crippen LogP contribution in [-0.2, 0) is 15.8 Å². The average Bonchev–Trinajstić information content (AvgIpc) is 2.36. The zero-order chi connectivity index (χ0) is 13.6. The Bertz CT molecular complexity index is 577. The summed E-state index contributed by atoms with van der Waals surface area (Å²) in [6.07, 6.45) is 5.14. The minimum absolute atomic E-state index is 0.0785. The van der Waals surface area contributed by atoms with E-state index in [-0.39, 0.29) is 12.3 Å². The zero-order valence-electron chi connectivity index (χ0n) is 10.1. The molecular weight excluding hydrogens is 248 g/mol. The molecule has 18 heavy (non-hydrogen) atoms. The van der Waals surface area contributed by atoms with E-state index >= 15 is 0 Å². The van der Waals surface area contributed by atoms with Crippen LogP contribution < -0.4 is 0 Å². The first-order chi connectivity index (χ1) is 8.53. The lowest BCUT2D eigenvalue weighted by Gasteiger charge is -2.17. The second-order valence-electron chi connectivity index (χ2n) is 3.70. The average molecular weight is 262 g/mol. The van der Waals surface area contributed by atoms with Gasteiger partial charge in [-0.3, -0.25) is 0 Å². The summed E-state index contributed by atoms with van der Waals surface area (Å²) in [6, 6.07) is 8.46. The lowest BCUT2D eigenvalue weighted by Crippen LogP contribution is -2.32. The molecule has 0 aliphatic carbocycles. The molecule has 1 aromatic carbocycles. The highest BCUT2D eigenvalue weighted by Crippen LogP contribution is 2.11. The van der Waals surface area contributed by atoms with Crippen molar-refractivity contribution in [2.75, 3.05) is 13.1 Å². The number of sulfonamides is 1. The molecule has 0 heterocycles. The molecule has 0 aliphatic heterocycles. The molecule has 0 unspecified atom stereocenters. The van der Waals surface area contributed by atoms with E-state index in [0.29, 0.717) is 17.7 Å². The number of hydrogen-bond donors (Lipinski definition) is 0. The Balaban J connectivity index is 2.88. The first-order valence-electron chi connectivity index (χ1n) is 5.43. The van der Waals surface area contributed by atoms with Gasteiger partial charge in [0.15, 0.2) is 0 Å². The lowest BCUT2D eigenvalue weighted by molar-refractivity contribution is 0.463. The monoisotopic (exact) mass is 262 g/mol. The molecule has 1 aromatic rings. The molecule has 94 valence electrons. The SMILES string of the molecule is C#CCN(CC)S(=O)(=O)Cc1ccc(C#N)cc1. The molecule has 0 radical (unpaired) electrons. The van der Waals surface area contributed by atoms with Crippen LogP contribution in [0.2, 0.25) is 0 Å². The predicted molar refractivity (Wildman–Crippen MR) is 69.9 cm³/mol. The topological polar surface area (TPSA) is 61.2 Å². The van der Waals surface area contributed by atoms with E-state index in [1.807, 2.05) is 6.07 Å². The standard InChI is InChI=1S/C13H14N2O2S/c1-3-9-15(4-2)18(16,17)11-13-7-5-12(10-14)6-8-13/h1,5-8H,4,9,11H2,2H3. The third kappa shape index (κ3) is 3.59. The molecule has 4 nitrogen and oxygen atoms in total. The van der Waals surface area contributed by atoms with E-state index in [1.165, 1.54) is 4.31 Å². The minimum Gasteiger partial charge on any atom is -0.212 e. The van der Waals surface area contributed by atoms with Crippen LogP contribution in [0.3, 0.4) is 0 Å². The number of nitriles is 1. The number of terminal acetylenes is 1. The van der Waals surface area contributed by atoms with Gasteiger partial charge >= 0.3 is 0 Å². The first kappa shape index (κ1) is 14.2. The smallest absolute Gasteiger partial charge is 0.212 e. The highest BCUT2D eigenvalue weighted by atomic mass is 32.2. The Labute approximate surface area is 108 Å². The Hall–Kier alpha value is -1.82. The molecule has 0 saturated heterocycles. The third-order valence-electron chi connectivity index (χ3n) is 2.45. The summed E-state index contributed by atoms with van der Waals surface area (Å²) in [7, 11) is -3.40. The molecular formula is C13H14N2O2S. The highest BCUT2D eigenvalue weighted by molar-refractivity contribution is 7.88. The largest absolute Gasteiger partial charge is 0.219 e. The van der Waals surface area contributed by atoms with E-state index in [1.54, 1.807) is 31.2 Å². The van der Waals surface area contributed by atoms with Gasteiger partial charge in [0.2, 0.25) is 10.0 Å². The molecule has 0 atom stereocenters. The Morgan fingerprint density at radius 3 is 2.39 bits per heavy atom. The van der Waals surface area contributed by atoms with Crippen LogP contribution in [0.4, 0.5) is 0 Å². The normalized spacial score (nSPS) is 10.9. The van der Waals surface area contributed by atoms with Crippen LogP contribution >= 0.6 is 0 Å². The summed E-state index contributed by atoms with van der Waals surface area (Å²) in [4.78, 5) is 0. The third-order valence-corrected chi connectivity index (χ3v) is 4.32. The maximum atomic E-state index is 12.0. The molecule has 0 aromatic heterocycles.